The van der Waals surface area contributed by atoms with Gasteiger partial charge in [0.2, 0.25) is 0 Å². The van der Waals surface area contributed by atoms with E-state index in [1.54, 1.807) is 24.3 Å². The number of para-hydroxylation sites is 2. The Balaban J connectivity index is 2.35. The third kappa shape index (κ3) is 13.1. The predicted molar refractivity (Wildman–Crippen MR) is 118 cm³/mol. The van der Waals surface area contributed by atoms with E-state index >= 15 is 0 Å². The van der Waals surface area contributed by atoms with Gasteiger partial charge in [0, 0.05) is 12.8 Å². The number of hydrogen-bond donors (Lipinski definition) is 0. The summed E-state index contributed by atoms with van der Waals surface area (Å²) in [5, 5.41) is 0. The van der Waals surface area contributed by atoms with Crippen LogP contribution in [0.3, 0.4) is 0 Å². The van der Waals surface area contributed by atoms with Crippen LogP contribution in [0.4, 0.5) is 0 Å². The van der Waals surface area contributed by atoms with Crippen LogP contribution < -0.4 is 9.47 Å². The molecule has 0 unspecified atom stereocenters. The largest absolute Gasteiger partial charge is 0.423 e. The molecule has 29 heavy (non-hydrogen) atoms. The molecule has 1 aromatic carbocycles. The van der Waals surface area contributed by atoms with E-state index in [0.29, 0.717) is 24.3 Å². The second-order valence-corrected chi connectivity index (χ2v) is 9.03. The maximum absolute atomic E-state index is 12.1. The van der Waals surface area contributed by atoms with Crippen LogP contribution in [0.25, 0.3) is 0 Å². The van der Waals surface area contributed by atoms with Gasteiger partial charge in [-0.3, -0.25) is 9.59 Å². The van der Waals surface area contributed by atoms with Gasteiger partial charge in [-0.1, -0.05) is 84.8 Å². The van der Waals surface area contributed by atoms with Crippen molar-refractivity contribution in [3.8, 4) is 11.5 Å². The standard InChI is InChI=1S/C25H40O4/c1-5-6-7-8-9-10-11-18-23(26)28-21-16-12-13-17-22(21)29-24(27)19-14-15-20-25(2,3)4/h12-13,16-17H,5-11,14-15,18-20H2,1-4H3. The summed E-state index contributed by atoms with van der Waals surface area (Å²) in [6.07, 6.45) is 11.7. The fourth-order valence-corrected chi connectivity index (χ4v) is 3.12. The molecule has 1 aromatic rings. The molecule has 0 aliphatic heterocycles. The molecule has 4 nitrogen and oxygen atoms in total. The molecule has 0 amide bonds. The van der Waals surface area contributed by atoms with Crippen LogP contribution in [0.2, 0.25) is 0 Å². The molecule has 0 aliphatic carbocycles. The summed E-state index contributed by atoms with van der Waals surface area (Å²) in [6.45, 7) is 8.80. The van der Waals surface area contributed by atoms with Crippen LogP contribution in [0.15, 0.2) is 24.3 Å². The number of ether oxygens (including phenoxy) is 2. The van der Waals surface area contributed by atoms with Crippen LogP contribution in [0, 0.1) is 5.41 Å². The maximum Gasteiger partial charge on any atom is 0.311 e. The number of unbranched alkanes of at least 4 members (excludes halogenated alkanes) is 7. The van der Waals surface area contributed by atoms with Gasteiger partial charge in [0.15, 0.2) is 11.5 Å². The summed E-state index contributed by atoms with van der Waals surface area (Å²) in [5.41, 5.74) is 0.278. The summed E-state index contributed by atoms with van der Waals surface area (Å²) in [6, 6.07) is 6.89. The van der Waals surface area contributed by atoms with Crippen molar-refractivity contribution >= 4 is 11.9 Å². The Hall–Kier alpha value is -1.84. The van der Waals surface area contributed by atoms with Crippen molar-refractivity contribution in [2.45, 2.75) is 105 Å². The van der Waals surface area contributed by atoms with E-state index < -0.39 is 0 Å². The number of esters is 2. The number of carbonyl (C=O) groups is 2. The van der Waals surface area contributed by atoms with Gasteiger partial charge in [0.1, 0.15) is 0 Å². The van der Waals surface area contributed by atoms with Crippen LogP contribution in [-0.4, -0.2) is 11.9 Å². The molecular formula is C25H40O4. The summed E-state index contributed by atoms with van der Waals surface area (Å²) < 4.78 is 10.9. The molecule has 0 heterocycles. The average molecular weight is 405 g/mol. The van der Waals surface area contributed by atoms with Crippen molar-refractivity contribution < 1.29 is 19.1 Å². The first-order valence-electron chi connectivity index (χ1n) is 11.3. The number of benzene rings is 1. The maximum atomic E-state index is 12.1. The minimum absolute atomic E-state index is 0.271. The first-order valence-corrected chi connectivity index (χ1v) is 11.3. The quantitative estimate of drug-likeness (QED) is 0.186. The van der Waals surface area contributed by atoms with Gasteiger partial charge in [-0.2, -0.15) is 0 Å². The van der Waals surface area contributed by atoms with E-state index in [4.69, 9.17) is 9.47 Å². The van der Waals surface area contributed by atoms with Gasteiger partial charge in [0.25, 0.3) is 0 Å². The zero-order chi connectivity index (χ0) is 21.5. The molecule has 4 heteroatoms. The Bertz CT molecular complexity index is 601. The summed E-state index contributed by atoms with van der Waals surface area (Å²) >= 11 is 0. The SMILES string of the molecule is CCCCCCCCCC(=O)Oc1ccccc1OC(=O)CCCCC(C)(C)C. The monoisotopic (exact) mass is 404 g/mol. The van der Waals surface area contributed by atoms with Gasteiger partial charge < -0.3 is 9.47 Å². The predicted octanol–water partition coefficient (Wildman–Crippen LogP) is 7.24. The van der Waals surface area contributed by atoms with Gasteiger partial charge in [-0.25, -0.2) is 0 Å². The molecule has 0 N–H and O–H groups in total. The second-order valence-electron chi connectivity index (χ2n) is 9.03. The molecule has 0 bridgehead atoms. The van der Waals surface area contributed by atoms with E-state index in [-0.39, 0.29) is 17.4 Å². The second kappa shape index (κ2) is 14.2. The van der Waals surface area contributed by atoms with Crippen LogP contribution in [-0.2, 0) is 9.59 Å². The van der Waals surface area contributed by atoms with Crippen LogP contribution >= 0.6 is 0 Å². The normalized spacial score (nSPS) is 11.3. The van der Waals surface area contributed by atoms with E-state index in [2.05, 4.69) is 27.7 Å². The number of hydrogen-bond acceptors (Lipinski definition) is 4. The van der Waals surface area contributed by atoms with Crippen LogP contribution in [0.5, 0.6) is 11.5 Å². The van der Waals surface area contributed by atoms with Crippen molar-refractivity contribution in [2.24, 2.45) is 5.41 Å². The third-order valence-electron chi connectivity index (χ3n) is 4.84. The molecule has 0 spiro atoms. The van der Waals surface area contributed by atoms with E-state index in [1.807, 2.05) is 0 Å². The lowest BCUT2D eigenvalue weighted by Crippen LogP contribution is -2.12. The van der Waals surface area contributed by atoms with Gasteiger partial charge in [-0.05, 0) is 36.8 Å². The van der Waals surface area contributed by atoms with Crippen molar-refractivity contribution in [1.29, 1.82) is 0 Å². The van der Waals surface area contributed by atoms with Crippen molar-refractivity contribution in [1.82, 2.24) is 0 Å². The van der Waals surface area contributed by atoms with Gasteiger partial charge in [-0.15, -0.1) is 0 Å². The highest BCUT2D eigenvalue weighted by molar-refractivity contribution is 5.76. The van der Waals surface area contributed by atoms with E-state index in [0.717, 1.165) is 38.5 Å². The first kappa shape index (κ1) is 25.2. The van der Waals surface area contributed by atoms with Crippen LogP contribution in [0.1, 0.15) is 105 Å². The zero-order valence-electron chi connectivity index (χ0n) is 18.9. The third-order valence-corrected chi connectivity index (χ3v) is 4.84. The minimum Gasteiger partial charge on any atom is -0.423 e. The number of carbonyl (C=O) groups excluding carboxylic acids is 2. The molecule has 0 saturated heterocycles. The summed E-state index contributed by atoms with van der Waals surface area (Å²) in [7, 11) is 0. The lowest BCUT2D eigenvalue weighted by molar-refractivity contribution is -0.137. The highest BCUT2D eigenvalue weighted by atomic mass is 16.6. The highest BCUT2D eigenvalue weighted by Crippen LogP contribution is 2.28. The van der Waals surface area contributed by atoms with Crippen molar-refractivity contribution in [3.63, 3.8) is 0 Å². The van der Waals surface area contributed by atoms with E-state index in [1.165, 1.54) is 25.7 Å². The smallest absolute Gasteiger partial charge is 0.311 e. The van der Waals surface area contributed by atoms with Crippen molar-refractivity contribution in [3.05, 3.63) is 24.3 Å². The Morgan fingerprint density at radius 1 is 0.724 bits per heavy atom. The fourth-order valence-electron chi connectivity index (χ4n) is 3.12. The molecule has 0 saturated carbocycles. The molecule has 0 aromatic heterocycles. The Labute approximate surface area is 177 Å². The molecule has 1 rings (SSSR count). The molecular weight excluding hydrogens is 364 g/mol. The Morgan fingerprint density at radius 3 is 1.66 bits per heavy atom. The van der Waals surface area contributed by atoms with E-state index in [9.17, 15) is 9.59 Å². The topological polar surface area (TPSA) is 52.6 Å². The van der Waals surface area contributed by atoms with Gasteiger partial charge in [0.05, 0.1) is 0 Å². The lowest BCUT2D eigenvalue weighted by atomic mass is 9.89. The molecule has 164 valence electrons. The number of rotatable bonds is 14. The van der Waals surface area contributed by atoms with Crippen molar-refractivity contribution in [2.75, 3.05) is 0 Å². The highest BCUT2D eigenvalue weighted by Gasteiger charge is 2.14. The Morgan fingerprint density at radius 2 is 1.17 bits per heavy atom. The minimum atomic E-state index is -0.283. The molecule has 0 aliphatic rings. The molecule has 0 radical (unpaired) electrons. The fraction of sp³-hybridized carbons (Fsp3) is 0.680. The summed E-state index contributed by atoms with van der Waals surface area (Å²) in [4.78, 5) is 24.3. The average Bonchev–Trinajstić information content (AvgIpc) is 2.65. The lowest BCUT2D eigenvalue weighted by Gasteiger charge is -2.17. The molecule has 0 atom stereocenters. The van der Waals surface area contributed by atoms with Gasteiger partial charge >= 0.3 is 11.9 Å². The first-order chi connectivity index (χ1) is 13.8. The zero-order valence-corrected chi connectivity index (χ0v) is 18.9. The molecule has 0 fully saturated rings. The summed E-state index contributed by atoms with van der Waals surface area (Å²) in [5.74, 6) is 0.0893. The Kier molecular flexibility index (Phi) is 12.3.